The Balaban J connectivity index is 1.77. The first-order valence-electron chi connectivity index (χ1n) is 11.5. The predicted molar refractivity (Wildman–Crippen MR) is 131 cm³/mol. The molecule has 1 N–H and O–H groups in total. The minimum absolute atomic E-state index is 0.0201. The third-order valence-electron chi connectivity index (χ3n) is 5.75. The second kappa shape index (κ2) is 10.1. The van der Waals surface area contributed by atoms with Gasteiger partial charge in [0, 0.05) is 12.1 Å². The molecule has 1 aromatic heterocycles. The lowest BCUT2D eigenvalue weighted by Gasteiger charge is -2.23. The second-order valence-electron chi connectivity index (χ2n) is 8.96. The first kappa shape index (κ1) is 24.1. The number of carbonyl (C=O) groups is 2. The highest BCUT2D eigenvalue weighted by molar-refractivity contribution is 6.46. The summed E-state index contributed by atoms with van der Waals surface area (Å²) in [6, 6.07) is 16.8. The molecule has 3 aromatic rings. The van der Waals surface area contributed by atoms with Crippen LogP contribution in [0.2, 0.25) is 0 Å². The SMILES string of the molecule is COc1cccc(CN2C(=O)C(=O)/C(=C(\O)c3cccc(OCC(C)C)c3)C2c2ccc(C)o2)c1. The molecule has 0 saturated carbocycles. The van der Waals surface area contributed by atoms with Gasteiger partial charge in [0.1, 0.15) is 34.8 Å². The molecular formula is C28H29NO6. The average molecular weight is 476 g/mol. The summed E-state index contributed by atoms with van der Waals surface area (Å²) in [7, 11) is 1.57. The van der Waals surface area contributed by atoms with Crippen molar-refractivity contribution in [2.45, 2.75) is 33.4 Å². The predicted octanol–water partition coefficient (Wildman–Crippen LogP) is 5.25. The number of rotatable bonds is 8. The van der Waals surface area contributed by atoms with Crippen LogP contribution < -0.4 is 9.47 Å². The van der Waals surface area contributed by atoms with Crippen LogP contribution in [0.25, 0.3) is 5.76 Å². The Hall–Kier alpha value is -4.00. The first-order valence-corrected chi connectivity index (χ1v) is 11.5. The molecule has 182 valence electrons. The fourth-order valence-corrected chi connectivity index (χ4v) is 4.06. The van der Waals surface area contributed by atoms with Gasteiger partial charge in [-0.2, -0.15) is 0 Å². The summed E-state index contributed by atoms with van der Waals surface area (Å²) in [5, 5.41) is 11.3. The standard InChI is InChI=1S/C28H29NO6/c1-17(2)16-34-22-10-6-8-20(14-22)26(30)24-25(23-12-11-18(3)35-23)29(28(32)27(24)31)15-19-7-5-9-21(13-19)33-4/h5-14,17,25,30H,15-16H2,1-4H3/b26-24-. The molecule has 1 fully saturated rings. The number of ketones is 1. The van der Waals surface area contributed by atoms with Gasteiger partial charge in [-0.15, -0.1) is 0 Å². The van der Waals surface area contributed by atoms with Gasteiger partial charge < -0.3 is 23.9 Å². The largest absolute Gasteiger partial charge is 0.507 e. The van der Waals surface area contributed by atoms with Crippen LogP contribution in [0.3, 0.4) is 0 Å². The Morgan fingerprint density at radius 1 is 1.06 bits per heavy atom. The number of Topliss-reactive ketones (excluding diaryl/α,β-unsaturated/α-hetero) is 1. The quantitative estimate of drug-likeness (QED) is 0.272. The van der Waals surface area contributed by atoms with Gasteiger partial charge in [-0.25, -0.2) is 0 Å². The maximum atomic E-state index is 13.2. The number of methoxy groups -OCH3 is 1. The van der Waals surface area contributed by atoms with Crippen LogP contribution >= 0.6 is 0 Å². The Morgan fingerprint density at radius 3 is 2.49 bits per heavy atom. The third kappa shape index (κ3) is 5.09. The number of ether oxygens (including phenoxy) is 2. The molecule has 7 nitrogen and oxygen atoms in total. The average Bonchev–Trinajstić information content (AvgIpc) is 3.38. The summed E-state index contributed by atoms with van der Waals surface area (Å²) in [6.07, 6.45) is 0. The van der Waals surface area contributed by atoms with E-state index in [1.54, 1.807) is 62.6 Å². The zero-order valence-electron chi connectivity index (χ0n) is 20.3. The lowest BCUT2D eigenvalue weighted by Crippen LogP contribution is -2.29. The minimum Gasteiger partial charge on any atom is -0.507 e. The van der Waals surface area contributed by atoms with Crippen molar-refractivity contribution >= 4 is 17.4 Å². The Morgan fingerprint density at radius 2 is 1.80 bits per heavy atom. The van der Waals surface area contributed by atoms with Crippen LogP contribution in [-0.2, 0) is 16.1 Å². The Labute approximate surface area is 204 Å². The summed E-state index contributed by atoms with van der Waals surface area (Å²) in [4.78, 5) is 27.8. The van der Waals surface area contributed by atoms with Gasteiger partial charge in [-0.3, -0.25) is 9.59 Å². The fraction of sp³-hybridized carbons (Fsp3) is 0.286. The number of benzene rings is 2. The van der Waals surface area contributed by atoms with E-state index in [2.05, 4.69) is 0 Å². The molecule has 2 heterocycles. The molecular weight excluding hydrogens is 446 g/mol. The van der Waals surface area contributed by atoms with Crippen molar-refractivity contribution in [3.8, 4) is 11.5 Å². The molecule has 4 rings (SSSR count). The van der Waals surface area contributed by atoms with Gasteiger partial charge in [0.15, 0.2) is 0 Å². The molecule has 1 atom stereocenters. The van der Waals surface area contributed by atoms with E-state index in [0.717, 1.165) is 5.56 Å². The van der Waals surface area contributed by atoms with Gasteiger partial charge in [0.2, 0.25) is 0 Å². The van der Waals surface area contributed by atoms with E-state index in [0.29, 0.717) is 41.1 Å². The van der Waals surface area contributed by atoms with Crippen LogP contribution in [-0.4, -0.2) is 35.4 Å². The second-order valence-corrected chi connectivity index (χ2v) is 8.96. The molecule has 35 heavy (non-hydrogen) atoms. The molecule has 7 heteroatoms. The summed E-state index contributed by atoms with van der Waals surface area (Å²) in [5.41, 5.74) is 1.15. The van der Waals surface area contributed by atoms with E-state index >= 15 is 0 Å². The molecule has 0 spiro atoms. The summed E-state index contributed by atoms with van der Waals surface area (Å²) < 4.78 is 16.9. The van der Waals surface area contributed by atoms with Crippen molar-refractivity contribution in [3.63, 3.8) is 0 Å². The van der Waals surface area contributed by atoms with E-state index in [-0.39, 0.29) is 17.9 Å². The van der Waals surface area contributed by atoms with Gasteiger partial charge >= 0.3 is 0 Å². The molecule has 1 saturated heterocycles. The molecule has 1 unspecified atom stereocenters. The number of amides is 1. The van der Waals surface area contributed by atoms with E-state index in [4.69, 9.17) is 13.9 Å². The van der Waals surface area contributed by atoms with E-state index < -0.39 is 17.7 Å². The number of nitrogens with zero attached hydrogens (tertiary/aromatic N) is 1. The summed E-state index contributed by atoms with van der Waals surface area (Å²) >= 11 is 0. The topological polar surface area (TPSA) is 89.2 Å². The normalized spacial score (nSPS) is 17.3. The highest BCUT2D eigenvalue weighted by Crippen LogP contribution is 2.41. The molecule has 0 bridgehead atoms. The van der Waals surface area contributed by atoms with Crippen LogP contribution in [0.15, 0.2) is 70.7 Å². The molecule has 1 amide bonds. The Kier molecular flexibility index (Phi) is 6.96. The fourth-order valence-electron chi connectivity index (χ4n) is 4.06. The lowest BCUT2D eigenvalue weighted by atomic mass is 9.99. The highest BCUT2D eigenvalue weighted by Gasteiger charge is 2.47. The van der Waals surface area contributed by atoms with Crippen molar-refractivity contribution in [1.82, 2.24) is 4.90 Å². The minimum atomic E-state index is -0.880. The molecule has 1 aliphatic rings. The number of likely N-dealkylation sites (tertiary alicyclic amines) is 1. The highest BCUT2D eigenvalue weighted by atomic mass is 16.5. The van der Waals surface area contributed by atoms with Gasteiger partial charge in [0.05, 0.1) is 19.3 Å². The number of aliphatic hydroxyl groups excluding tert-OH is 1. The maximum absolute atomic E-state index is 13.2. The number of hydrogen-bond donors (Lipinski definition) is 1. The molecule has 0 radical (unpaired) electrons. The van der Waals surface area contributed by atoms with Crippen molar-refractivity contribution in [2.24, 2.45) is 5.92 Å². The van der Waals surface area contributed by atoms with Crippen molar-refractivity contribution in [2.75, 3.05) is 13.7 Å². The maximum Gasteiger partial charge on any atom is 0.296 e. The van der Waals surface area contributed by atoms with Crippen molar-refractivity contribution in [1.29, 1.82) is 0 Å². The summed E-state index contributed by atoms with van der Waals surface area (Å²) in [6.45, 7) is 6.52. The monoisotopic (exact) mass is 475 g/mol. The number of furan rings is 1. The van der Waals surface area contributed by atoms with Crippen LogP contribution in [0.1, 0.15) is 42.5 Å². The zero-order chi connectivity index (χ0) is 25.1. The van der Waals surface area contributed by atoms with Gasteiger partial charge in [-0.1, -0.05) is 38.1 Å². The number of aryl methyl sites for hydroxylation is 1. The molecule has 0 aliphatic carbocycles. The van der Waals surface area contributed by atoms with E-state index in [1.165, 1.54) is 4.90 Å². The summed E-state index contributed by atoms with van der Waals surface area (Å²) in [5.74, 6) is 0.830. The molecule has 1 aliphatic heterocycles. The van der Waals surface area contributed by atoms with Crippen LogP contribution in [0.4, 0.5) is 0 Å². The smallest absolute Gasteiger partial charge is 0.296 e. The van der Waals surface area contributed by atoms with Crippen molar-refractivity contribution < 1.29 is 28.6 Å². The lowest BCUT2D eigenvalue weighted by molar-refractivity contribution is -0.140. The van der Waals surface area contributed by atoms with Crippen LogP contribution in [0.5, 0.6) is 11.5 Å². The Bertz CT molecular complexity index is 1270. The number of hydrogen-bond acceptors (Lipinski definition) is 6. The molecule has 2 aromatic carbocycles. The van der Waals surface area contributed by atoms with Crippen LogP contribution in [0, 0.1) is 12.8 Å². The van der Waals surface area contributed by atoms with E-state index in [9.17, 15) is 14.7 Å². The first-order chi connectivity index (χ1) is 16.8. The van der Waals surface area contributed by atoms with Gasteiger partial charge in [0.25, 0.3) is 11.7 Å². The third-order valence-corrected chi connectivity index (χ3v) is 5.75. The van der Waals surface area contributed by atoms with E-state index in [1.807, 2.05) is 26.0 Å². The van der Waals surface area contributed by atoms with Gasteiger partial charge in [-0.05, 0) is 54.8 Å². The number of aliphatic hydroxyl groups is 1. The van der Waals surface area contributed by atoms with Crippen molar-refractivity contribution in [3.05, 3.63) is 88.9 Å². The zero-order valence-corrected chi connectivity index (χ0v) is 20.3. The number of carbonyl (C=O) groups excluding carboxylic acids is 2.